The lowest BCUT2D eigenvalue weighted by Gasteiger charge is -2.20. The molecule has 0 aliphatic carbocycles. The van der Waals surface area contributed by atoms with E-state index in [9.17, 15) is 4.79 Å². The smallest absolute Gasteiger partial charge is 0.294 e. The second kappa shape index (κ2) is 6.68. The van der Waals surface area contributed by atoms with Crippen molar-refractivity contribution in [2.75, 3.05) is 4.90 Å². The quantitative estimate of drug-likeness (QED) is 0.556. The molecule has 27 heavy (non-hydrogen) atoms. The van der Waals surface area contributed by atoms with E-state index in [0.29, 0.717) is 11.6 Å². The molecule has 0 aliphatic rings. The molecule has 0 atom stereocenters. The standard InChI is InChI=1S/C20H19N5O2/c1-13-6-8-16(9-7-13)24(19(26)17-5-4-10-27-17)12-18-22-20-21-14(2)11-15(3)25(20)23-18/h4-11H,12H2,1-3H3. The highest BCUT2D eigenvalue weighted by Gasteiger charge is 2.22. The number of hydrogen-bond acceptors (Lipinski definition) is 5. The van der Waals surface area contributed by atoms with Crippen molar-refractivity contribution in [1.29, 1.82) is 0 Å². The Balaban J connectivity index is 1.74. The lowest BCUT2D eigenvalue weighted by Crippen LogP contribution is -2.30. The van der Waals surface area contributed by atoms with Crippen molar-refractivity contribution in [1.82, 2.24) is 19.6 Å². The first-order valence-corrected chi connectivity index (χ1v) is 8.63. The van der Waals surface area contributed by atoms with Crippen molar-refractivity contribution >= 4 is 17.4 Å². The van der Waals surface area contributed by atoms with E-state index in [1.165, 1.54) is 6.26 Å². The summed E-state index contributed by atoms with van der Waals surface area (Å²) in [5.41, 5.74) is 3.68. The fourth-order valence-electron chi connectivity index (χ4n) is 2.95. The largest absolute Gasteiger partial charge is 0.459 e. The molecule has 0 aliphatic heterocycles. The summed E-state index contributed by atoms with van der Waals surface area (Å²) >= 11 is 0. The molecule has 1 amide bonds. The Morgan fingerprint density at radius 3 is 2.59 bits per heavy atom. The molecule has 0 saturated carbocycles. The number of aromatic nitrogens is 4. The summed E-state index contributed by atoms with van der Waals surface area (Å²) in [6.07, 6.45) is 1.49. The van der Waals surface area contributed by atoms with Crippen LogP contribution in [0.5, 0.6) is 0 Å². The molecule has 1 aromatic carbocycles. The molecule has 136 valence electrons. The van der Waals surface area contributed by atoms with Gasteiger partial charge in [-0.25, -0.2) is 9.50 Å². The first kappa shape index (κ1) is 17.0. The van der Waals surface area contributed by atoms with Crippen LogP contribution in [-0.4, -0.2) is 25.5 Å². The fraction of sp³-hybridized carbons (Fsp3) is 0.200. The van der Waals surface area contributed by atoms with Gasteiger partial charge in [0.15, 0.2) is 11.6 Å². The van der Waals surface area contributed by atoms with Gasteiger partial charge in [-0.3, -0.25) is 9.69 Å². The molecule has 0 bridgehead atoms. The molecule has 7 heteroatoms. The van der Waals surface area contributed by atoms with Gasteiger partial charge in [0.05, 0.1) is 12.8 Å². The number of benzene rings is 1. The van der Waals surface area contributed by atoms with E-state index in [1.807, 2.05) is 51.1 Å². The second-order valence-corrected chi connectivity index (χ2v) is 6.48. The first-order chi connectivity index (χ1) is 13.0. The van der Waals surface area contributed by atoms with E-state index >= 15 is 0 Å². The topological polar surface area (TPSA) is 76.5 Å². The predicted octanol–water partition coefficient (Wildman–Crippen LogP) is 3.49. The molecule has 0 unspecified atom stereocenters. The molecular weight excluding hydrogens is 342 g/mol. The summed E-state index contributed by atoms with van der Waals surface area (Å²) in [4.78, 5) is 23.5. The summed E-state index contributed by atoms with van der Waals surface area (Å²) in [5, 5.41) is 4.52. The zero-order chi connectivity index (χ0) is 19.0. The van der Waals surface area contributed by atoms with Gasteiger partial charge in [0, 0.05) is 17.1 Å². The molecule has 0 spiro atoms. The maximum atomic E-state index is 13.0. The average Bonchev–Trinajstić information content (AvgIpc) is 3.29. The average molecular weight is 361 g/mol. The van der Waals surface area contributed by atoms with Gasteiger partial charge < -0.3 is 4.42 Å². The summed E-state index contributed by atoms with van der Waals surface area (Å²) in [6.45, 7) is 6.08. The van der Waals surface area contributed by atoms with Crippen LogP contribution in [0, 0.1) is 20.8 Å². The summed E-state index contributed by atoms with van der Waals surface area (Å²) < 4.78 is 6.99. The second-order valence-electron chi connectivity index (χ2n) is 6.48. The van der Waals surface area contributed by atoms with Crippen molar-refractivity contribution in [2.45, 2.75) is 27.3 Å². The normalized spacial score (nSPS) is 11.1. The third-order valence-corrected chi connectivity index (χ3v) is 4.28. The van der Waals surface area contributed by atoms with Crippen molar-refractivity contribution in [3.05, 3.63) is 77.3 Å². The van der Waals surface area contributed by atoms with E-state index in [1.54, 1.807) is 21.5 Å². The molecule has 3 aromatic heterocycles. The van der Waals surface area contributed by atoms with Crippen molar-refractivity contribution in [2.24, 2.45) is 0 Å². The van der Waals surface area contributed by atoms with Crippen LogP contribution in [0.25, 0.3) is 5.78 Å². The number of nitrogens with zero attached hydrogens (tertiary/aromatic N) is 5. The number of aryl methyl sites for hydroxylation is 3. The van der Waals surface area contributed by atoms with Crippen LogP contribution in [0.3, 0.4) is 0 Å². The van der Waals surface area contributed by atoms with Crippen molar-refractivity contribution in [3.63, 3.8) is 0 Å². The minimum absolute atomic E-state index is 0.213. The van der Waals surface area contributed by atoms with Gasteiger partial charge in [-0.15, -0.1) is 5.10 Å². The first-order valence-electron chi connectivity index (χ1n) is 8.63. The molecular formula is C20H19N5O2. The number of carbonyl (C=O) groups excluding carboxylic acids is 1. The summed E-state index contributed by atoms with van der Waals surface area (Å²) in [6, 6.07) is 13.0. The number of fused-ring (bicyclic) bond motifs is 1. The molecule has 0 fully saturated rings. The van der Waals surface area contributed by atoms with Gasteiger partial charge in [-0.2, -0.15) is 4.98 Å². The van der Waals surface area contributed by atoms with Crippen molar-refractivity contribution < 1.29 is 9.21 Å². The van der Waals surface area contributed by atoms with Gasteiger partial charge >= 0.3 is 0 Å². The molecule has 3 heterocycles. The van der Waals surface area contributed by atoms with Gasteiger partial charge in [-0.05, 0) is 51.1 Å². The molecule has 0 N–H and O–H groups in total. The fourth-order valence-corrected chi connectivity index (χ4v) is 2.95. The number of carbonyl (C=O) groups is 1. The molecule has 4 rings (SSSR count). The van der Waals surface area contributed by atoms with E-state index in [-0.39, 0.29) is 18.2 Å². The minimum Gasteiger partial charge on any atom is -0.459 e. The monoisotopic (exact) mass is 361 g/mol. The third kappa shape index (κ3) is 3.31. The summed E-state index contributed by atoms with van der Waals surface area (Å²) in [5.74, 6) is 1.06. The lowest BCUT2D eigenvalue weighted by molar-refractivity contribution is 0.0957. The zero-order valence-electron chi connectivity index (χ0n) is 15.4. The van der Waals surface area contributed by atoms with E-state index in [0.717, 1.165) is 22.6 Å². The lowest BCUT2D eigenvalue weighted by atomic mass is 10.2. The van der Waals surface area contributed by atoms with E-state index in [2.05, 4.69) is 15.1 Å². The molecule has 0 radical (unpaired) electrons. The Labute approximate surface area is 156 Å². The Bertz CT molecular complexity index is 1100. The number of hydrogen-bond donors (Lipinski definition) is 0. The summed E-state index contributed by atoms with van der Waals surface area (Å²) in [7, 11) is 0. The van der Waals surface area contributed by atoms with Gasteiger partial charge in [0.1, 0.15) is 0 Å². The third-order valence-electron chi connectivity index (χ3n) is 4.28. The minimum atomic E-state index is -0.247. The van der Waals surface area contributed by atoms with Gasteiger partial charge in [0.25, 0.3) is 11.7 Å². The highest BCUT2D eigenvalue weighted by molar-refractivity contribution is 6.04. The van der Waals surface area contributed by atoms with E-state index < -0.39 is 0 Å². The van der Waals surface area contributed by atoms with Crippen LogP contribution in [0.4, 0.5) is 5.69 Å². The Morgan fingerprint density at radius 2 is 1.89 bits per heavy atom. The highest BCUT2D eigenvalue weighted by atomic mass is 16.3. The van der Waals surface area contributed by atoms with Gasteiger partial charge in [-0.1, -0.05) is 17.7 Å². The van der Waals surface area contributed by atoms with Crippen LogP contribution in [0.2, 0.25) is 0 Å². The SMILES string of the molecule is Cc1ccc(N(Cc2nc3nc(C)cc(C)n3n2)C(=O)c2ccco2)cc1. The number of anilines is 1. The Morgan fingerprint density at radius 1 is 1.11 bits per heavy atom. The van der Waals surface area contributed by atoms with Gasteiger partial charge in [0.2, 0.25) is 0 Å². The Hall–Kier alpha value is -3.48. The van der Waals surface area contributed by atoms with Crippen LogP contribution in [0.1, 0.15) is 33.3 Å². The number of furan rings is 1. The molecule has 7 nitrogen and oxygen atoms in total. The van der Waals surface area contributed by atoms with Crippen LogP contribution in [0.15, 0.2) is 53.1 Å². The number of amides is 1. The zero-order valence-corrected chi connectivity index (χ0v) is 15.4. The van der Waals surface area contributed by atoms with Crippen molar-refractivity contribution in [3.8, 4) is 0 Å². The number of rotatable bonds is 4. The molecule has 0 saturated heterocycles. The van der Waals surface area contributed by atoms with Crippen LogP contribution >= 0.6 is 0 Å². The molecule has 4 aromatic rings. The van der Waals surface area contributed by atoms with Crippen LogP contribution in [-0.2, 0) is 6.54 Å². The highest BCUT2D eigenvalue weighted by Crippen LogP contribution is 2.21. The maximum Gasteiger partial charge on any atom is 0.294 e. The predicted molar refractivity (Wildman–Crippen MR) is 101 cm³/mol. The van der Waals surface area contributed by atoms with E-state index in [4.69, 9.17) is 4.42 Å². The Kier molecular flexibility index (Phi) is 4.19. The maximum absolute atomic E-state index is 13.0. The van der Waals surface area contributed by atoms with Crippen LogP contribution < -0.4 is 4.90 Å².